The van der Waals surface area contributed by atoms with E-state index in [0.29, 0.717) is 5.89 Å². The first-order valence-electron chi connectivity index (χ1n) is 12.0. The van der Waals surface area contributed by atoms with Crippen LogP contribution in [-0.2, 0) is 0 Å². The Hall–Kier alpha value is -4.96. The molecule has 36 heavy (non-hydrogen) atoms. The summed E-state index contributed by atoms with van der Waals surface area (Å²) in [6, 6.07) is 39.8. The molecular weight excluding hydrogens is 442 g/mol. The zero-order chi connectivity index (χ0) is 23.6. The Kier molecular flexibility index (Phi) is 3.91. The van der Waals surface area contributed by atoms with Crippen molar-refractivity contribution in [1.29, 1.82) is 0 Å². The van der Waals surface area contributed by atoms with Crippen LogP contribution < -0.4 is 0 Å². The van der Waals surface area contributed by atoms with E-state index in [1.807, 2.05) is 30.3 Å². The number of nitrogens with zero attached hydrogens (tertiary/aromatic N) is 3. The summed E-state index contributed by atoms with van der Waals surface area (Å²) in [7, 11) is 0. The van der Waals surface area contributed by atoms with Gasteiger partial charge in [-0.25, -0.2) is 9.97 Å². The van der Waals surface area contributed by atoms with Crippen molar-refractivity contribution in [3.63, 3.8) is 0 Å². The molecule has 0 amide bonds. The first-order chi connectivity index (χ1) is 17.8. The molecule has 4 heterocycles. The molecule has 0 N–H and O–H groups in total. The van der Waals surface area contributed by atoms with Gasteiger partial charge in [0.15, 0.2) is 5.58 Å². The van der Waals surface area contributed by atoms with Crippen LogP contribution >= 0.6 is 0 Å². The van der Waals surface area contributed by atoms with Gasteiger partial charge in [-0.2, -0.15) is 0 Å². The summed E-state index contributed by atoms with van der Waals surface area (Å²) in [6.45, 7) is 0. The van der Waals surface area contributed by atoms with Crippen LogP contribution in [-0.4, -0.2) is 14.4 Å². The van der Waals surface area contributed by atoms with Gasteiger partial charge >= 0.3 is 0 Å². The first kappa shape index (κ1) is 19.4. The minimum absolute atomic E-state index is 0.640. The second kappa shape index (κ2) is 7.27. The Morgan fingerprint density at radius 3 is 2.19 bits per heavy atom. The molecule has 0 bridgehead atoms. The Balaban J connectivity index is 1.29. The van der Waals surface area contributed by atoms with Gasteiger partial charge in [0.25, 0.3) is 0 Å². The Labute approximate surface area is 206 Å². The topological polar surface area (TPSA) is 43.3 Å². The molecule has 0 saturated heterocycles. The van der Waals surface area contributed by atoms with Gasteiger partial charge in [-0.3, -0.25) is 4.40 Å². The van der Waals surface area contributed by atoms with E-state index in [1.165, 1.54) is 21.9 Å². The van der Waals surface area contributed by atoms with Gasteiger partial charge < -0.3 is 4.42 Å². The maximum absolute atomic E-state index is 5.95. The third-order valence-corrected chi connectivity index (χ3v) is 7.00. The SMILES string of the molecule is c1ccc(-c2nc3cccc4c5ccc(-c6ccc(-c7nc8ccccc8o7)cc6)cc5c2n34)cc1. The van der Waals surface area contributed by atoms with E-state index in [0.717, 1.165) is 44.6 Å². The zero-order valence-electron chi connectivity index (χ0n) is 19.2. The summed E-state index contributed by atoms with van der Waals surface area (Å²) in [6.07, 6.45) is 0. The molecule has 0 unspecified atom stereocenters. The third kappa shape index (κ3) is 2.75. The highest BCUT2D eigenvalue weighted by Crippen LogP contribution is 2.39. The number of aromatic nitrogens is 3. The summed E-state index contributed by atoms with van der Waals surface area (Å²) in [5, 5.41) is 2.45. The zero-order valence-corrected chi connectivity index (χ0v) is 19.2. The number of rotatable bonds is 3. The van der Waals surface area contributed by atoms with Crippen LogP contribution in [0.25, 0.3) is 72.4 Å². The fourth-order valence-electron chi connectivity index (χ4n) is 5.29. The molecule has 4 aromatic heterocycles. The molecule has 168 valence electrons. The van der Waals surface area contributed by atoms with Gasteiger partial charge in [0.05, 0.1) is 16.7 Å². The highest BCUT2D eigenvalue weighted by atomic mass is 16.3. The van der Waals surface area contributed by atoms with Gasteiger partial charge in [0.2, 0.25) is 5.89 Å². The highest BCUT2D eigenvalue weighted by molar-refractivity contribution is 6.14. The van der Waals surface area contributed by atoms with Crippen molar-refractivity contribution in [2.75, 3.05) is 0 Å². The Morgan fingerprint density at radius 2 is 1.33 bits per heavy atom. The number of hydrogen-bond donors (Lipinski definition) is 0. The molecular formula is C32H19N3O. The number of para-hydroxylation sites is 2. The molecule has 0 fully saturated rings. The van der Waals surface area contributed by atoms with Gasteiger partial charge in [-0.1, -0.05) is 72.8 Å². The van der Waals surface area contributed by atoms with Crippen molar-refractivity contribution in [3.05, 3.63) is 115 Å². The van der Waals surface area contributed by atoms with Crippen LogP contribution in [0.1, 0.15) is 0 Å². The van der Waals surface area contributed by atoms with Crippen molar-refractivity contribution in [1.82, 2.24) is 14.4 Å². The molecule has 4 heteroatoms. The molecule has 4 aromatic carbocycles. The quantitative estimate of drug-likeness (QED) is 0.266. The van der Waals surface area contributed by atoms with Crippen molar-refractivity contribution in [3.8, 4) is 33.8 Å². The lowest BCUT2D eigenvalue weighted by Crippen LogP contribution is -1.82. The van der Waals surface area contributed by atoms with Crippen LogP contribution in [0.2, 0.25) is 0 Å². The van der Waals surface area contributed by atoms with Crippen LogP contribution in [0.5, 0.6) is 0 Å². The molecule has 0 saturated carbocycles. The molecule has 0 atom stereocenters. The van der Waals surface area contributed by atoms with E-state index in [-0.39, 0.29) is 0 Å². The molecule has 0 aliphatic heterocycles. The largest absolute Gasteiger partial charge is 0.436 e. The van der Waals surface area contributed by atoms with Crippen molar-refractivity contribution < 1.29 is 4.42 Å². The minimum atomic E-state index is 0.640. The number of fused-ring (bicyclic) bond motifs is 4. The highest BCUT2D eigenvalue weighted by Gasteiger charge is 2.19. The van der Waals surface area contributed by atoms with E-state index in [2.05, 4.69) is 94.3 Å². The normalized spacial score (nSPS) is 11.9. The second-order valence-electron chi connectivity index (χ2n) is 9.10. The Morgan fingerprint density at radius 1 is 0.556 bits per heavy atom. The summed E-state index contributed by atoms with van der Waals surface area (Å²) in [4.78, 5) is 9.64. The van der Waals surface area contributed by atoms with Crippen LogP contribution in [0.3, 0.4) is 0 Å². The van der Waals surface area contributed by atoms with Crippen LogP contribution in [0.15, 0.2) is 120 Å². The number of imidazole rings is 1. The lowest BCUT2D eigenvalue weighted by molar-refractivity contribution is 0.620. The Bertz CT molecular complexity index is 2000. The van der Waals surface area contributed by atoms with Gasteiger partial charge in [0.1, 0.15) is 11.2 Å². The van der Waals surface area contributed by atoms with Crippen LogP contribution in [0.4, 0.5) is 0 Å². The van der Waals surface area contributed by atoms with E-state index >= 15 is 0 Å². The number of pyridine rings is 1. The minimum Gasteiger partial charge on any atom is -0.436 e. The lowest BCUT2D eigenvalue weighted by atomic mass is 10.00. The maximum Gasteiger partial charge on any atom is 0.227 e. The number of hydrogen-bond acceptors (Lipinski definition) is 3. The summed E-state index contributed by atoms with van der Waals surface area (Å²) >= 11 is 0. The monoisotopic (exact) mass is 461 g/mol. The average molecular weight is 462 g/mol. The fraction of sp³-hybridized carbons (Fsp3) is 0. The maximum atomic E-state index is 5.95. The second-order valence-corrected chi connectivity index (χ2v) is 9.10. The molecule has 0 spiro atoms. The summed E-state index contributed by atoms with van der Waals surface area (Å²) in [5.74, 6) is 0.640. The molecule has 8 rings (SSSR count). The smallest absolute Gasteiger partial charge is 0.227 e. The van der Waals surface area contributed by atoms with Crippen molar-refractivity contribution in [2.24, 2.45) is 0 Å². The van der Waals surface area contributed by atoms with Crippen LogP contribution in [0, 0.1) is 0 Å². The van der Waals surface area contributed by atoms with E-state index in [9.17, 15) is 0 Å². The predicted molar refractivity (Wildman–Crippen MR) is 145 cm³/mol. The van der Waals surface area contributed by atoms with Gasteiger partial charge in [-0.15, -0.1) is 0 Å². The van der Waals surface area contributed by atoms with E-state index in [4.69, 9.17) is 9.40 Å². The first-order valence-corrected chi connectivity index (χ1v) is 12.0. The molecule has 0 aliphatic rings. The third-order valence-electron chi connectivity index (χ3n) is 7.00. The molecule has 4 nitrogen and oxygen atoms in total. The molecule has 0 aliphatic carbocycles. The van der Waals surface area contributed by atoms with E-state index in [1.54, 1.807) is 0 Å². The molecule has 8 aromatic rings. The van der Waals surface area contributed by atoms with E-state index < -0.39 is 0 Å². The number of oxazole rings is 1. The van der Waals surface area contributed by atoms with Crippen molar-refractivity contribution in [2.45, 2.75) is 0 Å². The summed E-state index contributed by atoms with van der Waals surface area (Å²) in [5.41, 5.74) is 10.4. The lowest BCUT2D eigenvalue weighted by Gasteiger charge is -2.04. The van der Waals surface area contributed by atoms with Gasteiger partial charge in [0, 0.05) is 21.9 Å². The fourth-order valence-corrected chi connectivity index (χ4v) is 5.29. The summed E-state index contributed by atoms with van der Waals surface area (Å²) < 4.78 is 8.24. The predicted octanol–water partition coefficient (Wildman–Crippen LogP) is 8.22. The van der Waals surface area contributed by atoms with Crippen molar-refractivity contribution >= 4 is 38.6 Å². The molecule has 0 radical (unpaired) electrons. The van der Waals surface area contributed by atoms with Gasteiger partial charge in [-0.05, 0) is 53.6 Å². The average Bonchev–Trinajstić information content (AvgIpc) is 3.64. The number of benzene rings is 4. The standard InChI is InChI=1S/C32H19N3O/c1-2-7-21(8-3-1)30-31-25-19-23(17-18-24(25)27-10-6-12-29(34-30)35(27)31)20-13-15-22(16-14-20)32-33-26-9-4-5-11-28(26)36-32/h1-19H.